The largest absolute Gasteiger partial charge is 0.490 e. The topological polar surface area (TPSA) is 59.9 Å². The third-order valence-corrected chi connectivity index (χ3v) is 5.61. The van der Waals surface area contributed by atoms with Gasteiger partial charge in [0.1, 0.15) is 5.60 Å². The molecule has 2 aromatic rings. The van der Waals surface area contributed by atoms with Gasteiger partial charge in [0.15, 0.2) is 11.5 Å². The number of carbonyl (C=O) groups is 1. The quantitative estimate of drug-likeness (QED) is 0.822. The molecule has 4 rings (SSSR count). The van der Waals surface area contributed by atoms with Gasteiger partial charge in [0.2, 0.25) is 0 Å². The van der Waals surface area contributed by atoms with Crippen molar-refractivity contribution in [1.29, 1.82) is 0 Å². The van der Waals surface area contributed by atoms with Gasteiger partial charge in [0, 0.05) is 35.7 Å². The van der Waals surface area contributed by atoms with Crippen LogP contribution in [0.25, 0.3) is 0 Å². The monoisotopic (exact) mass is 406 g/mol. The van der Waals surface area contributed by atoms with Gasteiger partial charge in [-0.1, -0.05) is 12.1 Å². The van der Waals surface area contributed by atoms with Crippen molar-refractivity contribution in [3.63, 3.8) is 0 Å². The van der Waals surface area contributed by atoms with Gasteiger partial charge in [0.05, 0.1) is 17.9 Å². The second-order valence-electron chi connectivity index (χ2n) is 9.30. The predicted octanol–water partition coefficient (Wildman–Crippen LogP) is 4.33. The van der Waals surface area contributed by atoms with Crippen molar-refractivity contribution in [2.75, 3.05) is 13.7 Å². The number of aliphatic imine (C=N–C) groups is 1. The molecule has 2 aliphatic rings. The molecule has 0 saturated carbocycles. The van der Waals surface area contributed by atoms with E-state index in [0.29, 0.717) is 12.2 Å². The number of amides is 1. The Kier molecular flexibility index (Phi) is 4.88. The number of ether oxygens (including phenoxy) is 2. The van der Waals surface area contributed by atoms with Crippen LogP contribution in [0.5, 0.6) is 11.5 Å². The zero-order valence-electron chi connectivity index (χ0n) is 18.7. The van der Waals surface area contributed by atoms with Crippen molar-refractivity contribution >= 4 is 11.6 Å². The van der Waals surface area contributed by atoms with Crippen LogP contribution in [-0.2, 0) is 12.8 Å². The van der Waals surface area contributed by atoms with Crippen LogP contribution in [0.2, 0.25) is 0 Å². The number of carbonyl (C=O) groups excluding carboxylic acids is 1. The van der Waals surface area contributed by atoms with E-state index in [1.807, 2.05) is 31.2 Å². The van der Waals surface area contributed by atoms with E-state index in [1.165, 1.54) is 5.56 Å². The Labute approximate surface area is 178 Å². The fraction of sp³-hybridized carbons (Fsp3) is 0.440. The molecule has 0 fully saturated rings. The van der Waals surface area contributed by atoms with Gasteiger partial charge < -0.3 is 14.8 Å². The van der Waals surface area contributed by atoms with Crippen molar-refractivity contribution in [3.8, 4) is 11.5 Å². The molecule has 5 heteroatoms. The molecule has 0 atom stereocenters. The average molecular weight is 407 g/mol. The lowest BCUT2D eigenvalue weighted by atomic mass is 9.80. The van der Waals surface area contributed by atoms with E-state index in [9.17, 15) is 4.79 Å². The maximum atomic E-state index is 12.2. The van der Waals surface area contributed by atoms with Crippen molar-refractivity contribution in [1.82, 2.24) is 5.32 Å². The Bertz CT molecular complexity index is 1050. The molecule has 30 heavy (non-hydrogen) atoms. The molecule has 0 aliphatic carbocycles. The lowest BCUT2D eigenvalue weighted by Crippen LogP contribution is -2.31. The average Bonchev–Trinajstić information content (AvgIpc) is 3.01. The number of fused-ring (bicyclic) bond motifs is 3. The highest BCUT2D eigenvalue weighted by Gasteiger charge is 2.39. The maximum Gasteiger partial charge on any atom is 0.251 e. The summed E-state index contributed by atoms with van der Waals surface area (Å²) in [6, 6.07) is 9.82. The molecule has 5 nitrogen and oxygen atoms in total. The second kappa shape index (κ2) is 7.15. The lowest BCUT2D eigenvalue weighted by molar-refractivity contribution is 0.0963. The molecule has 1 N–H and O–H groups in total. The summed E-state index contributed by atoms with van der Waals surface area (Å²) in [6.45, 7) is 11.1. The summed E-state index contributed by atoms with van der Waals surface area (Å²) in [5.74, 6) is 1.54. The minimum atomic E-state index is -0.300. The Morgan fingerprint density at radius 2 is 1.97 bits per heavy atom. The molecular weight excluding hydrogens is 376 g/mol. The molecular formula is C25H30N2O3. The summed E-state index contributed by atoms with van der Waals surface area (Å²) in [7, 11) is 1.65. The minimum Gasteiger partial charge on any atom is -0.490 e. The number of hydrogen-bond donors (Lipinski definition) is 1. The van der Waals surface area contributed by atoms with E-state index in [2.05, 4.69) is 39.1 Å². The molecule has 0 radical (unpaired) electrons. The van der Waals surface area contributed by atoms with E-state index in [1.54, 1.807) is 7.05 Å². The predicted molar refractivity (Wildman–Crippen MR) is 119 cm³/mol. The highest BCUT2D eigenvalue weighted by atomic mass is 16.5. The molecule has 2 aromatic carbocycles. The first-order valence-corrected chi connectivity index (χ1v) is 10.6. The molecule has 0 saturated heterocycles. The molecule has 0 spiro atoms. The maximum absolute atomic E-state index is 12.2. The van der Waals surface area contributed by atoms with Crippen molar-refractivity contribution in [3.05, 3.63) is 58.1 Å². The normalized spacial score (nSPS) is 18.0. The third-order valence-electron chi connectivity index (χ3n) is 5.61. The third kappa shape index (κ3) is 3.57. The lowest BCUT2D eigenvalue weighted by Gasteiger charge is -2.31. The highest BCUT2D eigenvalue weighted by Crippen LogP contribution is 2.48. The number of nitrogens with one attached hydrogen (secondary N) is 1. The molecule has 2 aliphatic heterocycles. The first kappa shape index (κ1) is 20.5. The molecule has 0 unspecified atom stereocenters. The van der Waals surface area contributed by atoms with Gasteiger partial charge in [-0.3, -0.25) is 9.79 Å². The van der Waals surface area contributed by atoms with Gasteiger partial charge in [-0.25, -0.2) is 0 Å². The van der Waals surface area contributed by atoms with Gasteiger partial charge in [0.25, 0.3) is 5.91 Å². The van der Waals surface area contributed by atoms with Crippen molar-refractivity contribution in [2.45, 2.75) is 58.6 Å². The van der Waals surface area contributed by atoms with Crippen LogP contribution in [-0.4, -0.2) is 36.4 Å². The first-order chi connectivity index (χ1) is 14.1. The Morgan fingerprint density at radius 1 is 1.20 bits per heavy atom. The molecule has 158 valence electrons. The highest BCUT2D eigenvalue weighted by molar-refractivity contribution is 6.16. The Balaban J connectivity index is 1.95. The summed E-state index contributed by atoms with van der Waals surface area (Å²) in [5, 5.41) is 2.71. The van der Waals surface area contributed by atoms with Gasteiger partial charge in [-0.05, 0) is 64.8 Å². The van der Waals surface area contributed by atoms with Gasteiger partial charge in [-0.15, -0.1) is 0 Å². The molecule has 2 heterocycles. The van der Waals surface area contributed by atoms with Crippen LogP contribution in [0.1, 0.15) is 67.2 Å². The summed E-state index contributed by atoms with van der Waals surface area (Å²) in [6.07, 6.45) is 1.62. The summed E-state index contributed by atoms with van der Waals surface area (Å²) in [5.41, 5.74) is 5.45. The minimum absolute atomic E-state index is 0.103. The Morgan fingerprint density at radius 3 is 2.67 bits per heavy atom. The number of nitrogens with zero attached hydrogens (tertiary/aromatic N) is 1. The van der Waals surface area contributed by atoms with Crippen LogP contribution >= 0.6 is 0 Å². The standard InChI is InChI=1S/C25H30N2O3/c1-7-29-19-12-17-13-24(2,3)27-21(15-9-8-10-16(11-15)23(28)26-6)20(17)18-14-25(4,5)30-22(18)19/h8-12H,7,13-14H2,1-6H3,(H,26,28). The van der Waals surface area contributed by atoms with E-state index in [-0.39, 0.29) is 17.0 Å². The molecule has 0 bridgehead atoms. The number of benzene rings is 2. The van der Waals surface area contributed by atoms with E-state index >= 15 is 0 Å². The van der Waals surface area contributed by atoms with Crippen LogP contribution < -0.4 is 14.8 Å². The van der Waals surface area contributed by atoms with E-state index < -0.39 is 0 Å². The van der Waals surface area contributed by atoms with E-state index in [0.717, 1.165) is 46.7 Å². The second-order valence-corrected chi connectivity index (χ2v) is 9.30. The summed E-state index contributed by atoms with van der Waals surface area (Å²) >= 11 is 0. The first-order valence-electron chi connectivity index (χ1n) is 10.6. The molecule has 0 aromatic heterocycles. The fourth-order valence-corrected chi connectivity index (χ4v) is 4.49. The summed E-state index contributed by atoms with van der Waals surface area (Å²) in [4.78, 5) is 17.4. The summed E-state index contributed by atoms with van der Waals surface area (Å²) < 4.78 is 12.3. The smallest absolute Gasteiger partial charge is 0.251 e. The van der Waals surface area contributed by atoms with Crippen LogP contribution in [0.15, 0.2) is 35.3 Å². The van der Waals surface area contributed by atoms with Crippen molar-refractivity contribution in [2.24, 2.45) is 4.99 Å². The van der Waals surface area contributed by atoms with Crippen LogP contribution in [0.4, 0.5) is 0 Å². The zero-order valence-corrected chi connectivity index (χ0v) is 18.7. The SMILES string of the molecule is CCOc1cc2c(c3c1OC(C)(C)C3)C(c1cccc(C(=O)NC)c1)=NC(C)(C)C2. The zero-order chi connectivity index (χ0) is 21.7. The van der Waals surface area contributed by atoms with E-state index in [4.69, 9.17) is 14.5 Å². The number of rotatable bonds is 4. The fourth-order valence-electron chi connectivity index (χ4n) is 4.49. The van der Waals surface area contributed by atoms with Crippen LogP contribution in [0.3, 0.4) is 0 Å². The number of hydrogen-bond acceptors (Lipinski definition) is 4. The Hall–Kier alpha value is -2.82. The van der Waals surface area contributed by atoms with Gasteiger partial charge >= 0.3 is 0 Å². The van der Waals surface area contributed by atoms with Crippen LogP contribution in [0, 0.1) is 0 Å². The van der Waals surface area contributed by atoms with Crippen molar-refractivity contribution < 1.29 is 14.3 Å². The molecule has 1 amide bonds. The van der Waals surface area contributed by atoms with Gasteiger partial charge in [-0.2, -0.15) is 0 Å².